The summed E-state index contributed by atoms with van der Waals surface area (Å²) in [5.41, 5.74) is -0.0381. The number of nitrogens with zero attached hydrogens (tertiary/aromatic N) is 1. The van der Waals surface area contributed by atoms with Gasteiger partial charge in [0.25, 0.3) is 0 Å². The zero-order chi connectivity index (χ0) is 20.9. The Morgan fingerprint density at radius 2 is 1.67 bits per heavy atom. The zero-order valence-corrected chi connectivity index (χ0v) is 18.7. The highest BCUT2D eigenvalue weighted by Gasteiger charge is 2.51. The van der Waals surface area contributed by atoms with Crippen molar-refractivity contribution in [2.45, 2.75) is 67.8 Å². The number of halogens is 1. The molecule has 1 aromatic rings. The van der Waals surface area contributed by atoms with Gasteiger partial charge in [0.2, 0.25) is 10.0 Å². The molecule has 30 heavy (non-hydrogen) atoms. The third-order valence-corrected chi connectivity index (χ3v) is 9.88. The fourth-order valence-corrected chi connectivity index (χ4v) is 8.65. The van der Waals surface area contributed by atoms with Crippen molar-refractivity contribution >= 4 is 27.7 Å². The Bertz CT molecular complexity index is 883. The van der Waals surface area contributed by atoms with Crippen LogP contribution in [0.15, 0.2) is 29.2 Å². The molecular formula is C22H30ClN3O3S. The van der Waals surface area contributed by atoms with Crippen molar-refractivity contribution < 1.29 is 13.2 Å². The average molecular weight is 452 g/mol. The van der Waals surface area contributed by atoms with Crippen LogP contribution < -0.4 is 10.6 Å². The minimum atomic E-state index is -3.59. The molecule has 5 aliphatic rings. The molecule has 0 spiro atoms. The number of hydrogen-bond acceptors (Lipinski definition) is 3. The Labute approximate surface area is 183 Å². The summed E-state index contributed by atoms with van der Waals surface area (Å²) in [7, 11) is -3.59. The number of rotatable bonds is 5. The number of nitrogens with one attached hydrogen (secondary N) is 2. The van der Waals surface area contributed by atoms with E-state index in [9.17, 15) is 13.2 Å². The van der Waals surface area contributed by atoms with Gasteiger partial charge in [-0.2, -0.15) is 4.31 Å². The fourth-order valence-electron chi connectivity index (χ4n) is 6.83. The Morgan fingerprint density at radius 1 is 1.07 bits per heavy atom. The first-order chi connectivity index (χ1) is 14.3. The molecule has 4 bridgehead atoms. The van der Waals surface area contributed by atoms with Crippen molar-refractivity contribution in [1.29, 1.82) is 0 Å². The van der Waals surface area contributed by atoms with Crippen LogP contribution in [-0.2, 0) is 10.0 Å². The van der Waals surface area contributed by atoms with E-state index in [0.717, 1.165) is 49.9 Å². The molecule has 6 rings (SSSR count). The molecule has 2 N–H and O–H groups in total. The van der Waals surface area contributed by atoms with Crippen molar-refractivity contribution in [2.24, 2.45) is 17.8 Å². The average Bonchev–Trinajstić information content (AvgIpc) is 3.15. The lowest BCUT2D eigenvalue weighted by atomic mass is 9.53. The van der Waals surface area contributed by atoms with Gasteiger partial charge in [0.1, 0.15) is 0 Å². The quantitative estimate of drug-likeness (QED) is 0.715. The normalized spacial score (nSPS) is 35.5. The molecule has 5 fully saturated rings. The lowest BCUT2D eigenvalue weighted by Crippen LogP contribution is -2.62. The second-order valence-electron chi connectivity index (χ2n) is 9.90. The Morgan fingerprint density at radius 3 is 2.27 bits per heavy atom. The number of hydrogen-bond donors (Lipinski definition) is 2. The van der Waals surface area contributed by atoms with Gasteiger partial charge in [-0.05, 0) is 93.4 Å². The first kappa shape index (κ1) is 20.6. The third-order valence-electron chi connectivity index (χ3n) is 7.66. The van der Waals surface area contributed by atoms with Crippen molar-refractivity contribution in [3.63, 3.8) is 0 Å². The Kier molecular flexibility index (Phi) is 5.27. The van der Waals surface area contributed by atoms with E-state index in [1.54, 1.807) is 24.3 Å². The van der Waals surface area contributed by atoms with E-state index in [2.05, 4.69) is 10.6 Å². The number of sulfonamides is 1. The van der Waals surface area contributed by atoms with Gasteiger partial charge in [-0.1, -0.05) is 11.6 Å². The van der Waals surface area contributed by atoms with Crippen LogP contribution >= 0.6 is 11.6 Å². The summed E-state index contributed by atoms with van der Waals surface area (Å²) in [6.45, 7) is 0.818. The van der Waals surface area contributed by atoms with Gasteiger partial charge in [-0.15, -0.1) is 0 Å². The molecule has 6 nitrogen and oxygen atoms in total. The van der Waals surface area contributed by atoms with E-state index in [0.29, 0.717) is 18.1 Å². The first-order valence-electron chi connectivity index (χ1n) is 11.2. The minimum absolute atomic E-state index is 0.0381. The van der Waals surface area contributed by atoms with Gasteiger partial charge >= 0.3 is 6.03 Å². The molecule has 4 saturated carbocycles. The van der Waals surface area contributed by atoms with Crippen LogP contribution in [-0.4, -0.2) is 43.4 Å². The van der Waals surface area contributed by atoms with Gasteiger partial charge in [0.15, 0.2) is 0 Å². The molecule has 0 radical (unpaired) electrons. The summed E-state index contributed by atoms with van der Waals surface area (Å²) in [5.74, 6) is 2.31. The molecule has 0 aromatic heterocycles. The monoisotopic (exact) mass is 451 g/mol. The first-order valence-corrected chi connectivity index (χ1v) is 13.0. The molecule has 4 aliphatic carbocycles. The SMILES string of the molecule is O=C(NCC1CCCN1S(=O)(=O)c1ccc(Cl)cc1)NC12CC3CC(CC(C3)C1)C2. The molecule has 1 aromatic carbocycles. The van der Waals surface area contributed by atoms with E-state index < -0.39 is 10.0 Å². The lowest BCUT2D eigenvalue weighted by molar-refractivity contribution is -0.0135. The molecule has 1 unspecified atom stereocenters. The van der Waals surface area contributed by atoms with Crippen LogP contribution in [0.2, 0.25) is 5.02 Å². The number of carbonyl (C=O) groups excluding carboxylic acids is 1. The van der Waals surface area contributed by atoms with Crippen molar-refractivity contribution in [1.82, 2.24) is 14.9 Å². The Hall–Kier alpha value is -1.31. The van der Waals surface area contributed by atoms with Crippen molar-refractivity contribution in [3.05, 3.63) is 29.3 Å². The van der Waals surface area contributed by atoms with E-state index in [1.165, 1.54) is 23.6 Å². The third kappa shape index (κ3) is 3.84. The molecule has 1 atom stereocenters. The molecule has 1 aliphatic heterocycles. The maximum absolute atomic E-state index is 13.1. The van der Waals surface area contributed by atoms with Crippen molar-refractivity contribution in [3.8, 4) is 0 Å². The second-order valence-corrected chi connectivity index (χ2v) is 12.2. The maximum atomic E-state index is 13.1. The second kappa shape index (κ2) is 7.68. The summed E-state index contributed by atoms with van der Waals surface area (Å²) in [4.78, 5) is 13.0. The molecule has 1 heterocycles. The molecule has 164 valence electrons. The number of amides is 2. The van der Waals surface area contributed by atoms with Crippen LogP contribution in [0.3, 0.4) is 0 Å². The van der Waals surface area contributed by atoms with Crippen LogP contribution in [0.4, 0.5) is 4.79 Å². The fraction of sp³-hybridized carbons (Fsp3) is 0.682. The standard InChI is InChI=1S/C22H30ClN3O3S/c23-18-3-5-20(6-4-18)30(28,29)26-7-1-2-19(26)14-24-21(27)25-22-11-15-8-16(12-22)10-17(9-15)13-22/h3-6,15-17,19H,1-2,7-14H2,(H2,24,25,27). The van der Waals surface area contributed by atoms with E-state index in [1.807, 2.05) is 0 Å². The highest BCUT2D eigenvalue weighted by molar-refractivity contribution is 7.89. The van der Waals surface area contributed by atoms with Crippen LogP contribution in [0.25, 0.3) is 0 Å². The molecule has 1 saturated heterocycles. The number of carbonyl (C=O) groups is 1. The molecular weight excluding hydrogens is 422 g/mol. The van der Waals surface area contributed by atoms with Gasteiger partial charge in [-0.3, -0.25) is 0 Å². The molecule has 8 heteroatoms. The summed E-state index contributed by atoms with van der Waals surface area (Å²) < 4.78 is 27.6. The van der Waals surface area contributed by atoms with Crippen LogP contribution in [0.1, 0.15) is 51.4 Å². The highest BCUT2D eigenvalue weighted by Crippen LogP contribution is 2.55. The van der Waals surface area contributed by atoms with Gasteiger partial charge in [0, 0.05) is 29.7 Å². The van der Waals surface area contributed by atoms with Gasteiger partial charge < -0.3 is 10.6 Å². The number of benzene rings is 1. The van der Waals surface area contributed by atoms with E-state index >= 15 is 0 Å². The summed E-state index contributed by atoms with van der Waals surface area (Å²) >= 11 is 5.90. The van der Waals surface area contributed by atoms with Crippen LogP contribution in [0, 0.1) is 17.8 Å². The topological polar surface area (TPSA) is 78.5 Å². The molecule has 2 amide bonds. The van der Waals surface area contributed by atoms with E-state index in [-0.39, 0.29) is 22.5 Å². The Balaban J connectivity index is 1.21. The largest absolute Gasteiger partial charge is 0.337 e. The lowest BCUT2D eigenvalue weighted by Gasteiger charge is -2.56. The van der Waals surface area contributed by atoms with Crippen LogP contribution in [0.5, 0.6) is 0 Å². The summed E-state index contributed by atoms with van der Waals surface area (Å²) in [5, 5.41) is 6.80. The minimum Gasteiger partial charge on any atom is -0.337 e. The van der Waals surface area contributed by atoms with Gasteiger partial charge in [-0.25, -0.2) is 13.2 Å². The smallest absolute Gasteiger partial charge is 0.315 e. The predicted molar refractivity (Wildman–Crippen MR) is 116 cm³/mol. The van der Waals surface area contributed by atoms with Crippen molar-refractivity contribution in [2.75, 3.05) is 13.1 Å². The zero-order valence-electron chi connectivity index (χ0n) is 17.1. The number of urea groups is 1. The highest BCUT2D eigenvalue weighted by atomic mass is 35.5. The summed E-state index contributed by atoms with van der Waals surface area (Å²) in [6, 6.07) is 5.91. The maximum Gasteiger partial charge on any atom is 0.315 e. The van der Waals surface area contributed by atoms with E-state index in [4.69, 9.17) is 11.6 Å². The summed E-state index contributed by atoms with van der Waals surface area (Å²) in [6.07, 6.45) is 8.87. The van der Waals surface area contributed by atoms with Gasteiger partial charge in [0.05, 0.1) is 4.90 Å². The predicted octanol–water partition coefficient (Wildman–Crippen LogP) is 3.76.